The molecule has 0 saturated carbocycles. The zero-order valence-corrected chi connectivity index (χ0v) is 18.3. The first-order chi connectivity index (χ1) is 16.1. The molecule has 2 aliphatic rings. The summed E-state index contributed by atoms with van der Waals surface area (Å²) in [4.78, 5) is 40.7. The average molecular weight is 448 g/mol. The number of esters is 1. The van der Waals surface area contributed by atoms with E-state index in [1.807, 2.05) is 34.9 Å². The summed E-state index contributed by atoms with van der Waals surface area (Å²) in [6.45, 7) is 4.16. The Balaban J connectivity index is 1.67. The van der Waals surface area contributed by atoms with Crippen molar-refractivity contribution < 1.29 is 23.8 Å². The smallest absolute Gasteiger partial charge is 0.343 e. The van der Waals surface area contributed by atoms with Crippen molar-refractivity contribution in [1.29, 1.82) is 0 Å². The van der Waals surface area contributed by atoms with Crippen molar-refractivity contribution >= 4 is 22.8 Å². The Hall–Kier alpha value is -3.65. The summed E-state index contributed by atoms with van der Waals surface area (Å²) < 4.78 is 18.6. The zero-order chi connectivity index (χ0) is 22.9. The number of hydrogen-bond donors (Lipinski definition) is 0. The van der Waals surface area contributed by atoms with Gasteiger partial charge in [-0.3, -0.25) is 9.59 Å². The number of nitrogens with zero attached hydrogens (tertiary/aromatic N) is 2. The molecule has 1 aromatic heterocycles. The third-order valence-corrected chi connectivity index (χ3v) is 5.98. The van der Waals surface area contributed by atoms with Crippen LogP contribution in [0.4, 0.5) is 0 Å². The maximum Gasteiger partial charge on any atom is 0.343 e. The van der Waals surface area contributed by atoms with Gasteiger partial charge in [-0.25, -0.2) is 4.79 Å². The minimum Gasteiger partial charge on any atom is -0.482 e. The fraction of sp³-hybridized carbons (Fsp3) is 0.320. The largest absolute Gasteiger partial charge is 0.482 e. The highest BCUT2D eigenvalue weighted by Crippen LogP contribution is 2.36. The zero-order valence-electron chi connectivity index (χ0n) is 18.3. The number of hydrogen-bond acceptors (Lipinski definition) is 6. The highest BCUT2D eigenvalue weighted by atomic mass is 16.5. The molecule has 2 aliphatic heterocycles. The fourth-order valence-electron chi connectivity index (χ4n) is 4.37. The number of aromatic nitrogens is 1. The molecule has 1 saturated heterocycles. The number of ether oxygens (including phenoxy) is 3. The number of amides is 1. The first-order valence-electron chi connectivity index (χ1n) is 11.0. The summed E-state index contributed by atoms with van der Waals surface area (Å²) in [7, 11) is 0. The van der Waals surface area contributed by atoms with Gasteiger partial charge in [-0.1, -0.05) is 30.3 Å². The molecule has 1 fully saturated rings. The van der Waals surface area contributed by atoms with Gasteiger partial charge in [0, 0.05) is 24.8 Å². The Morgan fingerprint density at radius 2 is 1.88 bits per heavy atom. The van der Waals surface area contributed by atoms with Gasteiger partial charge in [0.25, 0.3) is 5.91 Å². The molecular weight excluding hydrogens is 424 g/mol. The third-order valence-electron chi connectivity index (χ3n) is 5.98. The van der Waals surface area contributed by atoms with E-state index in [1.165, 1.54) is 6.20 Å². The van der Waals surface area contributed by atoms with E-state index in [2.05, 4.69) is 0 Å². The van der Waals surface area contributed by atoms with E-state index in [4.69, 9.17) is 14.2 Å². The van der Waals surface area contributed by atoms with Gasteiger partial charge in [-0.05, 0) is 24.6 Å². The van der Waals surface area contributed by atoms with Crippen LogP contribution in [0.2, 0.25) is 0 Å². The molecule has 0 bridgehead atoms. The van der Waals surface area contributed by atoms with Crippen molar-refractivity contribution in [1.82, 2.24) is 9.47 Å². The molecule has 1 unspecified atom stereocenters. The Morgan fingerprint density at radius 3 is 2.61 bits per heavy atom. The summed E-state index contributed by atoms with van der Waals surface area (Å²) in [6.07, 6.45) is 1.20. The molecule has 0 N–H and O–H groups in total. The van der Waals surface area contributed by atoms with Gasteiger partial charge in [0.2, 0.25) is 5.43 Å². The molecule has 1 amide bonds. The topological polar surface area (TPSA) is 87.1 Å². The first kappa shape index (κ1) is 21.2. The van der Waals surface area contributed by atoms with Crippen LogP contribution in [-0.4, -0.2) is 54.3 Å². The number of benzene rings is 2. The van der Waals surface area contributed by atoms with E-state index in [9.17, 15) is 14.4 Å². The van der Waals surface area contributed by atoms with E-state index < -0.39 is 11.4 Å². The van der Waals surface area contributed by atoms with Gasteiger partial charge in [-0.15, -0.1) is 0 Å². The normalized spacial score (nSPS) is 17.5. The molecule has 0 radical (unpaired) electrons. The molecular formula is C25H24N2O6. The van der Waals surface area contributed by atoms with Crippen molar-refractivity contribution in [2.45, 2.75) is 19.6 Å². The second kappa shape index (κ2) is 8.71. The number of rotatable bonds is 4. The van der Waals surface area contributed by atoms with Gasteiger partial charge < -0.3 is 23.7 Å². The summed E-state index contributed by atoms with van der Waals surface area (Å²) in [6, 6.07) is 13.0. The first-order valence-corrected chi connectivity index (χ1v) is 11.0. The molecule has 1 atom stereocenters. The molecule has 2 aromatic carbocycles. The summed E-state index contributed by atoms with van der Waals surface area (Å²) >= 11 is 0. The van der Waals surface area contributed by atoms with E-state index >= 15 is 0 Å². The lowest BCUT2D eigenvalue weighted by Gasteiger charge is -2.30. The highest BCUT2D eigenvalue weighted by Gasteiger charge is 2.29. The molecule has 8 nitrogen and oxygen atoms in total. The van der Waals surface area contributed by atoms with E-state index in [0.717, 1.165) is 5.56 Å². The van der Waals surface area contributed by atoms with Crippen LogP contribution in [-0.2, 0) is 16.0 Å². The number of carbonyl (C=O) groups is 2. The number of pyridine rings is 1. The van der Waals surface area contributed by atoms with Gasteiger partial charge in [0.15, 0.2) is 0 Å². The van der Waals surface area contributed by atoms with Crippen molar-refractivity contribution in [2.24, 2.45) is 0 Å². The molecule has 3 heterocycles. The van der Waals surface area contributed by atoms with E-state index in [0.29, 0.717) is 49.7 Å². The number of carbonyl (C=O) groups excluding carboxylic acids is 2. The quantitative estimate of drug-likeness (QED) is 0.571. The summed E-state index contributed by atoms with van der Waals surface area (Å²) in [5.41, 5.74) is 1.34. The standard InChI is InChI=1S/C25H24N2O6/c1-2-32-25(30)19-14-27-15-21(16-6-4-3-5-7-16)33-20-13-17(12-18(22(20)27)23(19)28)24(29)26-8-10-31-11-9-26/h3-7,12-14,21H,2,8-11,15H2,1H3. The Labute approximate surface area is 190 Å². The molecule has 5 rings (SSSR count). The molecule has 0 spiro atoms. The molecule has 170 valence electrons. The van der Waals surface area contributed by atoms with Crippen molar-refractivity contribution in [3.05, 3.63) is 75.6 Å². The van der Waals surface area contributed by atoms with Crippen molar-refractivity contribution in [3.63, 3.8) is 0 Å². The minimum absolute atomic E-state index is 0.0556. The van der Waals surface area contributed by atoms with Gasteiger partial charge in [0.1, 0.15) is 17.4 Å². The predicted octanol–water partition coefficient (Wildman–Crippen LogP) is 2.78. The van der Waals surface area contributed by atoms with Crippen LogP contribution in [0.1, 0.15) is 39.3 Å². The fourth-order valence-corrected chi connectivity index (χ4v) is 4.37. The molecule has 0 aliphatic carbocycles. The second-order valence-electron chi connectivity index (χ2n) is 8.04. The monoisotopic (exact) mass is 448 g/mol. The molecule has 3 aromatic rings. The highest BCUT2D eigenvalue weighted by molar-refractivity contribution is 6.02. The minimum atomic E-state index is -0.678. The van der Waals surface area contributed by atoms with Crippen LogP contribution in [0, 0.1) is 0 Å². The van der Waals surface area contributed by atoms with Gasteiger partial charge in [-0.2, -0.15) is 0 Å². The lowest BCUT2D eigenvalue weighted by molar-refractivity contribution is 0.0302. The maximum atomic E-state index is 13.3. The maximum absolute atomic E-state index is 13.3. The number of morpholine rings is 1. The Morgan fingerprint density at radius 1 is 1.12 bits per heavy atom. The third kappa shape index (κ3) is 3.87. The molecule has 33 heavy (non-hydrogen) atoms. The summed E-state index contributed by atoms with van der Waals surface area (Å²) in [5, 5.41) is 0.265. The van der Waals surface area contributed by atoms with Crippen LogP contribution < -0.4 is 10.2 Å². The van der Waals surface area contributed by atoms with Crippen LogP contribution in [0.5, 0.6) is 5.75 Å². The average Bonchev–Trinajstić information content (AvgIpc) is 2.86. The summed E-state index contributed by atoms with van der Waals surface area (Å²) in [5.74, 6) is -0.437. The SMILES string of the molecule is CCOC(=O)c1cn2c3c(cc(C(=O)N4CCOCC4)cc3c1=O)OC(c1ccccc1)C2. The van der Waals surface area contributed by atoms with Crippen LogP contribution in [0.15, 0.2) is 53.5 Å². The van der Waals surface area contributed by atoms with Crippen LogP contribution in [0.25, 0.3) is 10.9 Å². The predicted molar refractivity (Wildman–Crippen MR) is 121 cm³/mol. The Bertz CT molecular complexity index is 1280. The Kier molecular flexibility index (Phi) is 5.60. The van der Waals surface area contributed by atoms with Crippen LogP contribution >= 0.6 is 0 Å². The lowest BCUT2D eigenvalue weighted by atomic mass is 10.0. The van der Waals surface area contributed by atoms with Crippen LogP contribution in [0.3, 0.4) is 0 Å². The lowest BCUT2D eigenvalue weighted by Crippen LogP contribution is -2.40. The van der Waals surface area contributed by atoms with E-state index in [1.54, 1.807) is 24.0 Å². The van der Waals surface area contributed by atoms with Crippen molar-refractivity contribution in [2.75, 3.05) is 32.9 Å². The van der Waals surface area contributed by atoms with Gasteiger partial charge in [0.05, 0.1) is 37.3 Å². The van der Waals surface area contributed by atoms with E-state index in [-0.39, 0.29) is 29.6 Å². The molecule has 8 heteroatoms. The second-order valence-corrected chi connectivity index (χ2v) is 8.04. The van der Waals surface area contributed by atoms with Gasteiger partial charge >= 0.3 is 5.97 Å². The van der Waals surface area contributed by atoms with Crippen molar-refractivity contribution in [3.8, 4) is 5.75 Å².